The van der Waals surface area contributed by atoms with E-state index in [0.29, 0.717) is 30.4 Å². The van der Waals surface area contributed by atoms with Gasteiger partial charge in [-0.05, 0) is 43.5 Å². The van der Waals surface area contributed by atoms with Gasteiger partial charge in [-0.15, -0.1) is 0 Å². The monoisotopic (exact) mass is 351 g/mol. The summed E-state index contributed by atoms with van der Waals surface area (Å²) in [4.78, 5) is 23.2. The predicted molar refractivity (Wildman–Crippen MR) is 95.6 cm³/mol. The second-order valence-electron chi connectivity index (χ2n) is 6.72. The van der Waals surface area contributed by atoms with E-state index >= 15 is 0 Å². The van der Waals surface area contributed by atoms with E-state index in [0.717, 1.165) is 24.1 Å². The Morgan fingerprint density at radius 1 is 1.27 bits per heavy atom. The number of hydrogen-bond acceptors (Lipinski definition) is 5. The van der Waals surface area contributed by atoms with Gasteiger partial charge in [-0.1, -0.05) is 5.16 Å². The van der Waals surface area contributed by atoms with E-state index in [1.807, 2.05) is 47.8 Å². The lowest BCUT2D eigenvalue weighted by Gasteiger charge is -2.30. The van der Waals surface area contributed by atoms with Gasteiger partial charge in [0.05, 0.1) is 11.3 Å². The molecule has 0 aromatic carbocycles. The van der Waals surface area contributed by atoms with Crippen LogP contribution in [0.1, 0.15) is 40.6 Å². The van der Waals surface area contributed by atoms with E-state index in [2.05, 4.69) is 15.1 Å². The average molecular weight is 351 g/mol. The quantitative estimate of drug-likeness (QED) is 0.725. The van der Waals surface area contributed by atoms with Crippen molar-refractivity contribution in [1.82, 2.24) is 24.6 Å². The van der Waals surface area contributed by atoms with Crippen molar-refractivity contribution in [2.45, 2.75) is 25.7 Å². The number of nitrogens with zero attached hydrogens (tertiary/aromatic N) is 5. The largest absolute Gasteiger partial charge is 0.348 e. The zero-order chi connectivity index (χ0) is 18.1. The van der Waals surface area contributed by atoms with Gasteiger partial charge in [-0.2, -0.15) is 4.98 Å². The minimum absolute atomic E-state index is 0.0454. The summed E-state index contributed by atoms with van der Waals surface area (Å²) in [6.45, 7) is 3.30. The van der Waals surface area contributed by atoms with E-state index in [-0.39, 0.29) is 11.8 Å². The molecule has 1 aliphatic heterocycles. The molecule has 4 rings (SSSR count). The Morgan fingerprint density at radius 2 is 2.08 bits per heavy atom. The van der Waals surface area contributed by atoms with E-state index in [4.69, 9.17) is 4.52 Å². The van der Waals surface area contributed by atoms with Crippen molar-refractivity contribution in [2.24, 2.45) is 7.05 Å². The van der Waals surface area contributed by atoms with Crippen LogP contribution in [-0.2, 0) is 7.05 Å². The van der Waals surface area contributed by atoms with Crippen LogP contribution in [0.15, 0.2) is 41.3 Å². The van der Waals surface area contributed by atoms with E-state index < -0.39 is 0 Å². The summed E-state index contributed by atoms with van der Waals surface area (Å²) in [7, 11) is 1.95. The zero-order valence-corrected chi connectivity index (χ0v) is 14.9. The minimum Gasteiger partial charge on any atom is -0.348 e. The highest BCUT2D eigenvalue weighted by molar-refractivity contribution is 5.95. The molecule has 0 unspecified atom stereocenters. The molecule has 4 heterocycles. The van der Waals surface area contributed by atoms with Crippen LogP contribution in [-0.4, -0.2) is 43.6 Å². The number of pyridine rings is 1. The van der Waals surface area contributed by atoms with Gasteiger partial charge >= 0.3 is 0 Å². The maximum Gasteiger partial charge on any atom is 0.255 e. The Morgan fingerprint density at radius 3 is 2.77 bits per heavy atom. The number of rotatable bonds is 3. The molecule has 1 aliphatic rings. The summed E-state index contributed by atoms with van der Waals surface area (Å²) in [6.07, 6.45) is 6.95. The normalized spacial score (nSPS) is 15.4. The summed E-state index contributed by atoms with van der Waals surface area (Å²) in [5.41, 5.74) is 2.56. The van der Waals surface area contributed by atoms with Crippen molar-refractivity contribution in [3.63, 3.8) is 0 Å². The molecule has 0 saturated carbocycles. The molecule has 1 amide bonds. The molecule has 1 saturated heterocycles. The SMILES string of the molecule is Cc1ccncc1C(=O)N1CCC(c2nc(-c3cccn3C)no2)CC1. The second-order valence-corrected chi connectivity index (χ2v) is 6.72. The lowest BCUT2D eigenvalue weighted by atomic mass is 9.96. The van der Waals surface area contributed by atoms with Gasteiger partial charge in [0.2, 0.25) is 11.7 Å². The van der Waals surface area contributed by atoms with Crippen LogP contribution in [0.5, 0.6) is 0 Å². The molecule has 3 aromatic heterocycles. The molecule has 3 aromatic rings. The van der Waals surface area contributed by atoms with Crippen LogP contribution < -0.4 is 0 Å². The van der Waals surface area contributed by atoms with Crippen LogP contribution in [0.2, 0.25) is 0 Å². The first-order valence-corrected chi connectivity index (χ1v) is 8.78. The zero-order valence-electron chi connectivity index (χ0n) is 14.9. The molecule has 0 bridgehead atoms. The topological polar surface area (TPSA) is 77.1 Å². The first-order chi connectivity index (χ1) is 12.6. The van der Waals surface area contributed by atoms with E-state index in [1.165, 1.54) is 0 Å². The maximum absolute atomic E-state index is 12.7. The van der Waals surface area contributed by atoms with Crippen molar-refractivity contribution in [3.05, 3.63) is 53.8 Å². The molecule has 7 nitrogen and oxygen atoms in total. The first-order valence-electron chi connectivity index (χ1n) is 8.78. The molecule has 134 valence electrons. The third-order valence-electron chi connectivity index (χ3n) is 5.02. The first kappa shape index (κ1) is 16.5. The molecular weight excluding hydrogens is 330 g/mol. The van der Waals surface area contributed by atoms with Crippen LogP contribution in [0, 0.1) is 6.92 Å². The lowest BCUT2D eigenvalue weighted by Crippen LogP contribution is -2.38. The third-order valence-corrected chi connectivity index (χ3v) is 5.02. The fourth-order valence-electron chi connectivity index (χ4n) is 3.39. The van der Waals surface area contributed by atoms with Gasteiger partial charge in [-0.25, -0.2) is 0 Å². The molecule has 26 heavy (non-hydrogen) atoms. The lowest BCUT2D eigenvalue weighted by molar-refractivity contribution is 0.0703. The standard InChI is InChI=1S/C19H21N5O2/c1-13-5-8-20-12-15(13)19(25)24-10-6-14(7-11-24)18-21-17(22-26-18)16-4-3-9-23(16)2/h3-5,8-9,12,14H,6-7,10-11H2,1-2H3. The number of carbonyl (C=O) groups is 1. The van der Waals surface area contributed by atoms with Crippen LogP contribution >= 0.6 is 0 Å². The fourth-order valence-corrected chi connectivity index (χ4v) is 3.39. The van der Waals surface area contributed by atoms with Crippen molar-refractivity contribution < 1.29 is 9.32 Å². The Balaban J connectivity index is 1.43. The smallest absolute Gasteiger partial charge is 0.255 e. The van der Waals surface area contributed by atoms with Gasteiger partial charge < -0.3 is 14.0 Å². The van der Waals surface area contributed by atoms with Gasteiger partial charge in [0.15, 0.2) is 0 Å². The summed E-state index contributed by atoms with van der Waals surface area (Å²) < 4.78 is 7.46. The minimum atomic E-state index is 0.0454. The molecule has 0 radical (unpaired) electrons. The molecule has 0 N–H and O–H groups in total. The number of amides is 1. The Kier molecular flexibility index (Phi) is 4.28. The Bertz CT molecular complexity index is 921. The summed E-state index contributed by atoms with van der Waals surface area (Å²) in [5, 5.41) is 4.11. The van der Waals surface area contributed by atoms with E-state index in [9.17, 15) is 4.79 Å². The molecular formula is C19H21N5O2. The predicted octanol–water partition coefficient (Wildman–Crippen LogP) is 2.80. The van der Waals surface area contributed by atoms with Crippen LogP contribution in [0.25, 0.3) is 11.5 Å². The second kappa shape index (κ2) is 6.74. The van der Waals surface area contributed by atoms with Crippen molar-refractivity contribution >= 4 is 5.91 Å². The number of piperidine rings is 1. The van der Waals surface area contributed by atoms with Gasteiger partial charge in [-0.3, -0.25) is 9.78 Å². The highest BCUT2D eigenvalue weighted by Crippen LogP contribution is 2.29. The van der Waals surface area contributed by atoms with Gasteiger partial charge in [0, 0.05) is 44.6 Å². The average Bonchev–Trinajstić information content (AvgIpc) is 3.30. The number of carbonyl (C=O) groups excluding carboxylic acids is 1. The fraction of sp³-hybridized carbons (Fsp3) is 0.368. The number of aromatic nitrogens is 4. The molecule has 0 atom stereocenters. The molecule has 0 aliphatic carbocycles. The number of hydrogen-bond donors (Lipinski definition) is 0. The van der Waals surface area contributed by atoms with Gasteiger partial charge in [0.1, 0.15) is 0 Å². The summed E-state index contributed by atoms with van der Waals surface area (Å²) in [6, 6.07) is 5.78. The Labute approximate surface area is 151 Å². The van der Waals surface area contributed by atoms with Crippen molar-refractivity contribution in [1.29, 1.82) is 0 Å². The van der Waals surface area contributed by atoms with Crippen molar-refractivity contribution in [2.75, 3.05) is 13.1 Å². The van der Waals surface area contributed by atoms with Crippen LogP contribution in [0.4, 0.5) is 0 Å². The summed E-state index contributed by atoms with van der Waals surface area (Å²) >= 11 is 0. The molecule has 0 spiro atoms. The van der Waals surface area contributed by atoms with E-state index in [1.54, 1.807) is 12.4 Å². The third kappa shape index (κ3) is 3.00. The van der Waals surface area contributed by atoms with Gasteiger partial charge in [0.25, 0.3) is 5.91 Å². The number of likely N-dealkylation sites (tertiary alicyclic amines) is 1. The molecule has 7 heteroatoms. The summed E-state index contributed by atoms with van der Waals surface area (Å²) in [5.74, 6) is 1.50. The number of aryl methyl sites for hydroxylation is 2. The Hall–Kier alpha value is -2.96. The highest BCUT2D eigenvalue weighted by Gasteiger charge is 2.28. The molecule has 1 fully saturated rings. The van der Waals surface area contributed by atoms with Crippen molar-refractivity contribution in [3.8, 4) is 11.5 Å². The highest BCUT2D eigenvalue weighted by atomic mass is 16.5. The van der Waals surface area contributed by atoms with Crippen LogP contribution in [0.3, 0.4) is 0 Å². The maximum atomic E-state index is 12.7.